The average Bonchev–Trinajstić information content (AvgIpc) is 2.33. The number of hydrogen-bond donors (Lipinski definition) is 6. The fraction of sp³-hybridized carbons (Fsp3) is 0.500. The molecule has 11 heteroatoms. The zero-order valence-electron chi connectivity index (χ0n) is 11.0. The first-order chi connectivity index (χ1) is 9.63. The van der Waals surface area contributed by atoms with Crippen LogP contribution < -0.4 is 27.8 Å². The number of hydrogen-bond acceptors (Lipinski definition) is 6. The molecule has 0 aromatic heterocycles. The molecular weight excluding hydrogens is 286 g/mol. The normalized spacial score (nSPS) is 12.8. The maximum absolute atomic E-state index is 11.4. The molecule has 0 heterocycles. The number of nitrogens with one attached hydrogen (secondary N) is 2. The van der Waals surface area contributed by atoms with Gasteiger partial charge in [-0.2, -0.15) is 0 Å². The van der Waals surface area contributed by atoms with Crippen molar-refractivity contribution in [3.8, 4) is 0 Å². The van der Waals surface area contributed by atoms with Gasteiger partial charge in [0.2, 0.25) is 23.6 Å². The van der Waals surface area contributed by atoms with Crippen molar-refractivity contribution in [1.29, 1.82) is 0 Å². The van der Waals surface area contributed by atoms with E-state index in [0.717, 1.165) is 0 Å². The summed E-state index contributed by atoms with van der Waals surface area (Å²) in [5, 5.41) is 12.8. The second-order valence-corrected chi connectivity index (χ2v) is 4.12. The summed E-state index contributed by atoms with van der Waals surface area (Å²) in [5.41, 5.74) is 15.0. The van der Waals surface area contributed by atoms with E-state index in [1.165, 1.54) is 0 Å². The molecule has 0 radical (unpaired) electrons. The van der Waals surface area contributed by atoms with E-state index in [1.807, 2.05) is 5.32 Å². The fourth-order valence-corrected chi connectivity index (χ4v) is 1.25. The van der Waals surface area contributed by atoms with Gasteiger partial charge in [-0.3, -0.25) is 19.2 Å². The minimum Gasteiger partial charge on any atom is -0.480 e. The van der Waals surface area contributed by atoms with Crippen LogP contribution in [0.5, 0.6) is 0 Å². The van der Waals surface area contributed by atoms with Crippen molar-refractivity contribution in [3.63, 3.8) is 0 Å². The lowest BCUT2D eigenvalue weighted by molar-refractivity contribution is -0.143. The Labute approximate surface area is 119 Å². The van der Waals surface area contributed by atoms with E-state index < -0.39 is 61.1 Å². The molecule has 0 aliphatic rings. The molecule has 21 heavy (non-hydrogen) atoms. The van der Waals surface area contributed by atoms with Gasteiger partial charge < -0.3 is 32.9 Å². The van der Waals surface area contributed by atoms with Crippen molar-refractivity contribution in [2.45, 2.75) is 24.9 Å². The second-order valence-electron chi connectivity index (χ2n) is 4.12. The van der Waals surface area contributed by atoms with Crippen LogP contribution in [0, 0.1) is 0 Å². The highest BCUT2D eigenvalue weighted by molar-refractivity contribution is 5.92. The molecule has 2 atom stereocenters. The first-order valence-corrected chi connectivity index (χ1v) is 5.75. The number of primary amides is 2. The van der Waals surface area contributed by atoms with Crippen LogP contribution in [0.25, 0.3) is 0 Å². The molecular formula is C10H17N5O6. The third-order valence-corrected chi connectivity index (χ3v) is 2.22. The van der Waals surface area contributed by atoms with Gasteiger partial charge in [0, 0.05) is 0 Å². The molecule has 0 bridgehead atoms. The van der Waals surface area contributed by atoms with Crippen LogP contribution in [0.3, 0.4) is 0 Å². The molecule has 4 amide bonds. The number of carbonyl (C=O) groups excluding carboxylic acids is 4. The molecule has 0 aliphatic carbocycles. The van der Waals surface area contributed by atoms with Crippen molar-refractivity contribution in [2.24, 2.45) is 17.2 Å². The lowest BCUT2D eigenvalue weighted by Gasteiger charge is -2.14. The molecule has 0 saturated heterocycles. The molecule has 0 aromatic carbocycles. The summed E-state index contributed by atoms with van der Waals surface area (Å²) in [6.45, 7) is -0.576. The monoisotopic (exact) mass is 303 g/mol. The largest absolute Gasteiger partial charge is 0.480 e. The molecule has 0 rings (SSSR count). The lowest BCUT2D eigenvalue weighted by Crippen LogP contribution is -2.49. The molecule has 11 nitrogen and oxygen atoms in total. The second kappa shape index (κ2) is 8.47. The number of amides is 4. The van der Waals surface area contributed by atoms with Crippen LogP contribution in [-0.4, -0.2) is 53.3 Å². The highest BCUT2D eigenvalue weighted by Gasteiger charge is 2.23. The molecule has 9 N–H and O–H groups in total. The Bertz CT molecular complexity index is 451. The van der Waals surface area contributed by atoms with Gasteiger partial charge in [-0.25, -0.2) is 4.79 Å². The molecule has 2 unspecified atom stereocenters. The van der Waals surface area contributed by atoms with Gasteiger partial charge in [-0.15, -0.1) is 0 Å². The third kappa shape index (κ3) is 8.15. The van der Waals surface area contributed by atoms with Crippen LogP contribution in [0.4, 0.5) is 0 Å². The van der Waals surface area contributed by atoms with Gasteiger partial charge in [0.15, 0.2) is 0 Å². The maximum Gasteiger partial charge on any atom is 0.326 e. The Hall–Kier alpha value is -2.69. The lowest BCUT2D eigenvalue weighted by atomic mass is 10.2. The summed E-state index contributed by atoms with van der Waals surface area (Å²) < 4.78 is 0. The number of carbonyl (C=O) groups is 5. The van der Waals surface area contributed by atoms with Gasteiger partial charge in [-0.1, -0.05) is 0 Å². The minimum absolute atomic E-state index is 0.396. The topological polar surface area (TPSA) is 208 Å². The van der Waals surface area contributed by atoms with E-state index in [1.54, 1.807) is 0 Å². The van der Waals surface area contributed by atoms with Crippen LogP contribution in [-0.2, 0) is 24.0 Å². The van der Waals surface area contributed by atoms with E-state index in [0.29, 0.717) is 0 Å². The van der Waals surface area contributed by atoms with Crippen molar-refractivity contribution < 1.29 is 29.1 Å². The summed E-state index contributed by atoms with van der Waals surface area (Å²) in [7, 11) is 0. The Morgan fingerprint density at radius 3 is 1.95 bits per heavy atom. The summed E-state index contributed by atoms with van der Waals surface area (Å²) in [5.74, 6) is -4.79. The van der Waals surface area contributed by atoms with E-state index in [2.05, 4.69) is 5.32 Å². The molecule has 0 spiro atoms. The van der Waals surface area contributed by atoms with Gasteiger partial charge >= 0.3 is 5.97 Å². The molecule has 0 fully saturated rings. The van der Waals surface area contributed by atoms with E-state index in [-0.39, 0.29) is 0 Å². The Balaban J connectivity index is 4.30. The molecule has 0 aliphatic heterocycles. The number of nitrogens with two attached hydrogens (primary N) is 3. The summed E-state index contributed by atoms with van der Waals surface area (Å²) in [6.07, 6.45) is -0.983. The molecule has 0 saturated carbocycles. The third-order valence-electron chi connectivity index (χ3n) is 2.22. The molecule has 0 aromatic rings. The van der Waals surface area contributed by atoms with Crippen molar-refractivity contribution >= 4 is 29.6 Å². The van der Waals surface area contributed by atoms with E-state index in [9.17, 15) is 24.0 Å². The number of aliphatic carboxylic acids is 1. The highest BCUT2D eigenvalue weighted by atomic mass is 16.4. The Morgan fingerprint density at radius 2 is 1.52 bits per heavy atom. The highest BCUT2D eigenvalue weighted by Crippen LogP contribution is 1.92. The standard InChI is InChI=1S/C10H17N5O6/c11-4(1-6(12)16)9(19)14-3-8(18)15-5(10(20)21)2-7(13)17/h4-5H,1-3,11H2,(H2,12,16)(H2,13,17)(H,14,19)(H,15,18)(H,20,21). The quantitative estimate of drug-likeness (QED) is 0.247. The van der Waals surface area contributed by atoms with Crippen molar-refractivity contribution in [3.05, 3.63) is 0 Å². The van der Waals surface area contributed by atoms with Crippen LogP contribution in [0.1, 0.15) is 12.8 Å². The number of rotatable bonds is 9. The van der Waals surface area contributed by atoms with E-state index >= 15 is 0 Å². The number of carboxylic acids is 1. The maximum atomic E-state index is 11.4. The first kappa shape index (κ1) is 18.3. The smallest absolute Gasteiger partial charge is 0.326 e. The fourth-order valence-electron chi connectivity index (χ4n) is 1.25. The summed E-state index contributed by atoms with van der Waals surface area (Å²) >= 11 is 0. The number of carboxylic acid groups (broad SMARTS) is 1. The Morgan fingerprint density at radius 1 is 1.00 bits per heavy atom. The average molecular weight is 303 g/mol. The van der Waals surface area contributed by atoms with Gasteiger partial charge in [0.1, 0.15) is 6.04 Å². The predicted molar refractivity (Wildman–Crippen MR) is 68.2 cm³/mol. The minimum atomic E-state index is -1.49. The zero-order valence-corrected chi connectivity index (χ0v) is 11.0. The van der Waals surface area contributed by atoms with Crippen molar-refractivity contribution in [1.82, 2.24) is 10.6 Å². The van der Waals surface area contributed by atoms with Crippen LogP contribution in [0.2, 0.25) is 0 Å². The van der Waals surface area contributed by atoms with Crippen LogP contribution in [0.15, 0.2) is 0 Å². The van der Waals surface area contributed by atoms with Crippen molar-refractivity contribution in [2.75, 3.05) is 6.54 Å². The predicted octanol–water partition coefficient (Wildman–Crippen LogP) is -4.25. The van der Waals surface area contributed by atoms with Gasteiger partial charge in [0.25, 0.3) is 0 Å². The van der Waals surface area contributed by atoms with Gasteiger partial charge in [0.05, 0.1) is 25.4 Å². The van der Waals surface area contributed by atoms with Gasteiger partial charge in [-0.05, 0) is 0 Å². The Kier molecular flexibility index (Phi) is 7.39. The zero-order chi connectivity index (χ0) is 16.6. The first-order valence-electron chi connectivity index (χ1n) is 5.75. The summed E-state index contributed by atoms with van der Waals surface area (Å²) in [6, 6.07) is -2.71. The van der Waals surface area contributed by atoms with E-state index in [4.69, 9.17) is 22.3 Å². The SMILES string of the molecule is NC(=O)CC(N)C(=O)NCC(=O)NC(CC(N)=O)C(=O)O. The van der Waals surface area contributed by atoms with Crippen LogP contribution >= 0.6 is 0 Å². The molecule has 118 valence electrons. The summed E-state index contributed by atoms with van der Waals surface area (Å²) in [4.78, 5) is 54.7.